The molecular weight excluding hydrogens is 330 g/mol. The van der Waals surface area contributed by atoms with Gasteiger partial charge in [-0.3, -0.25) is 14.9 Å². The number of carbonyl (C=O) groups is 1. The van der Waals surface area contributed by atoms with Crippen molar-refractivity contribution in [3.05, 3.63) is 64.7 Å². The van der Waals surface area contributed by atoms with Crippen LogP contribution in [0.25, 0.3) is 16.3 Å². The fraction of sp³-hybridized carbons (Fsp3) is 0.381. The molecule has 26 heavy (non-hydrogen) atoms. The first kappa shape index (κ1) is 18.3. The summed E-state index contributed by atoms with van der Waals surface area (Å²) in [5, 5.41) is 24.6. The molecule has 0 bridgehead atoms. The predicted octanol–water partition coefficient (Wildman–Crippen LogP) is 4.01. The van der Waals surface area contributed by atoms with Gasteiger partial charge < -0.3 is 5.11 Å². The molecule has 1 aliphatic rings. The van der Waals surface area contributed by atoms with E-state index >= 15 is 0 Å². The van der Waals surface area contributed by atoms with Gasteiger partial charge >= 0.3 is 0 Å². The van der Waals surface area contributed by atoms with Gasteiger partial charge in [0.2, 0.25) is 5.54 Å². The third-order valence-electron chi connectivity index (χ3n) is 5.85. The van der Waals surface area contributed by atoms with E-state index in [-0.39, 0.29) is 30.0 Å². The van der Waals surface area contributed by atoms with Crippen molar-refractivity contribution in [2.75, 3.05) is 0 Å². The number of carbonyl (C=O) groups excluding carboxylic acids is 1. The SMILES string of the molecule is C=C(c1cccc2ccccc12)[C@@]1([N+](=O)[O-])CC[C@@](C)(O)[C@@H](C(C)=O)C1. The van der Waals surface area contributed by atoms with E-state index in [1.807, 2.05) is 42.5 Å². The highest BCUT2D eigenvalue weighted by atomic mass is 16.6. The number of rotatable bonds is 4. The number of aliphatic hydroxyl groups is 1. The Balaban J connectivity index is 2.12. The van der Waals surface area contributed by atoms with Crippen molar-refractivity contribution < 1.29 is 14.8 Å². The molecule has 0 heterocycles. The number of nitrogens with zero attached hydrogens (tertiary/aromatic N) is 1. The molecule has 0 amide bonds. The molecule has 5 heteroatoms. The van der Waals surface area contributed by atoms with Gasteiger partial charge in [-0.05, 0) is 36.6 Å². The van der Waals surface area contributed by atoms with Crippen LogP contribution in [0.15, 0.2) is 49.0 Å². The molecule has 0 aromatic heterocycles. The molecule has 3 rings (SSSR count). The average molecular weight is 353 g/mol. The molecule has 0 radical (unpaired) electrons. The fourth-order valence-electron chi connectivity index (χ4n) is 4.16. The van der Waals surface area contributed by atoms with E-state index in [0.29, 0.717) is 5.57 Å². The number of hydrogen-bond donors (Lipinski definition) is 1. The zero-order chi connectivity index (χ0) is 19.1. The van der Waals surface area contributed by atoms with Crippen LogP contribution in [0.5, 0.6) is 0 Å². The summed E-state index contributed by atoms with van der Waals surface area (Å²) in [6.45, 7) is 7.07. The Hall–Kier alpha value is -2.53. The number of benzene rings is 2. The maximum atomic E-state index is 12.2. The van der Waals surface area contributed by atoms with Crippen LogP contribution in [0.3, 0.4) is 0 Å². The normalized spacial score (nSPS) is 28.7. The molecule has 0 aliphatic heterocycles. The summed E-state index contributed by atoms with van der Waals surface area (Å²) in [7, 11) is 0. The van der Waals surface area contributed by atoms with Gasteiger partial charge in [-0.1, -0.05) is 49.0 Å². The molecule has 1 aliphatic carbocycles. The van der Waals surface area contributed by atoms with E-state index in [1.54, 1.807) is 6.92 Å². The van der Waals surface area contributed by atoms with Gasteiger partial charge in [0, 0.05) is 23.3 Å². The Morgan fingerprint density at radius 1 is 1.23 bits per heavy atom. The highest BCUT2D eigenvalue weighted by Gasteiger charge is 2.56. The Morgan fingerprint density at radius 2 is 1.88 bits per heavy atom. The largest absolute Gasteiger partial charge is 0.389 e. The molecule has 2 aromatic rings. The molecule has 1 fully saturated rings. The Bertz CT molecular complexity index is 897. The molecule has 0 unspecified atom stereocenters. The predicted molar refractivity (Wildman–Crippen MR) is 101 cm³/mol. The van der Waals surface area contributed by atoms with Crippen LogP contribution in [0.1, 0.15) is 38.7 Å². The molecule has 0 spiro atoms. The van der Waals surface area contributed by atoms with Crippen molar-refractivity contribution in [2.24, 2.45) is 5.92 Å². The van der Waals surface area contributed by atoms with Crippen molar-refractivity contribution in [3.63, 3.8) is 0 Å². The van der Waals surface area contributed by atoms with Gasteiger partial charge in [-0.15, -0.1) is 0 Å². The second kappa shape index (κ2) is 6.32. The van der Waals surface area contributed by atoms with Crippen molar-refractivity contribution in [1.29, 1.82) is 0 Å². The van der Waals surface area contributed by atoms with E-state index < -0.39 is 17.1 Å². The van der Waals surface area contributed by atoms with Crippen LogP contribution >= 0.6 is 0 Å². The summed E-state index contributed by atoms with van der Waals surface area (Å²) in [5.74, 6) is -1.01. The van der Waals surface area contributed by atoms with E-state index in [2.05, 4.69) is 6.58 Å². The fourth-order valence-corrected chi connectivity index (χ4v) is 4.16. The molecule has 5 nitrogen and oxygen atoms in total. The van der Waals surface area contributed by atoms with Gasteiger partial charge in [-0.25, -0.2) is 0 Å². The minimum absolute atomic E-state index is 0.0373. The van der Waals surface area contributed by atoms with Crippen LogP contribution < -0.4 is 0 Å². The van der Waals surface area contributed by atoms with Gasteiger partial charge in [0.1, 0.15) is 5.78 Å². The van der Waals surface area contributed by atoms with Gasteiger partial charge in [0.05, 0.1) is 11.5 Å². The maximum absolute atomic E-state index is 12.2. The summed E-state index contributed by atoms with van der Waals surface area (Å²) in [6, 6.07) is 13.3. The van der Waals surface area contributed by atoms with Gasteiger partial charge in [-0.2, -0.15) is 0 Å². The smallest absolute Gasteiger partial charge is 0.248 e. The van der Waals surface area contributed by atoms with E-state index in [9.17, 15) is 20.0 Å². The van der Waals surface area contributed by atoms with Crippen molar-refractivity contribution >= 4 is 22.1 Å². The number of hydrogen-bond acceptors (Lipinski definition) is 4. The van der Waals surface area contributed by atoms with Crippen molar-refractivity contribution in [2.45, 2.75) is 44.2 Å². The second-order valence-corrected chi connectivity index (χ2v) is 7.52. The van der Waals surface area contributed by atoms with Crippen molar-refractivity contribution in [3.8, 4) is 0 Å². The minimum Gasteiger partial charge on any atom is -0.389 e. The van der Waals surface area contributed by atoms with Crippen LogP contribution in [-0.2, 0) is 4.79 Å². The molecule has 2 aromatic carbocycles. The number of fused-ring (bicyclic) bond motifs is 1. The minimum atomic E-state index is -1.46. The quantitative estimate of drug-likeness (QED) is 0.665. The Labute approximate surface area is 152 Å². The lowest BCUT2D eigenvalue weighted by Crippen LogP contribution is -2.54. The first-order valence-electron chi connectivity index (χ1n) is 8.74. The topological polar surface area (TPSA) is 80.4 Å². The summed E-state index contributed by atoms with van der Waals surface area (Å²) in [6.07, 6.45) is 0.297. The van der Waals surface area contributed by atoms with Gasteiger partial charge in [0.25, 0.3) is 0 Å². The lowest BCUT2D eigenvalue weighted by atomic mass is 9.63. The van der Waals surface area contributed by atoms with E-state index in [4.69, 9.17) is 0 Å². The van der Waals surface area contributed by atoms with Gasteiger partial charge in [0.15, 0.2) is 0 Å². The number of nitro groups is 1. The standard InChI is InChI=1S/C21H23NO4/c1-14(17-10-6-8-16-7-4-5-9-18(16)17)21(22(25)26)12-11-20(3,24)19(13-21)15(2)23/h4-10,19,24H,1,11-13H2,2-3H3/t19-,20-,21-/m1/s1. The summed E-state index contributed by atoms with van der Waals surface area (Å²) >= 11 is 0. The average Bonchev–Trinajstić information content (AvgIpc) is 2.60. The molecule has 0 saturated heterocycles. The zero-order valence-corrected chi connectivity index (χ0v) is 15.1. The molecule has 3 atom stereocenters. The van der Waals surface area contributed by atoms with E-state index in [1.165, 1.54) is 6.92 Å². The molecule has 136 valence electrons. The van der Waals surface area contributed by atoms with E-state index in [0.717, 1.165) is 16.3 Å². The zero-order valence-electron chi connectivity index (χ0n) is 15.1. The Kier molecular flexibility index (Phi) is 4.44. The summed E-state index contributed by atoms with van der Waals surface area (Å²) < 4.78 is 0. The highest BCUT2D eigenvalue weighted by molar-refractivity contribution is 5.95. The maximum Gasteiger partial charge on any atom is 0.248 e. The summed E-state index contributed by atoms with van der Waals surface area (Å²) in [5.41, 5.74) is -1.56. The Morgan fingerprint density at radius 3 is 2.54 bits per heavy atom. The van der Waals surface area contributed by atoms with Crippen molar-refractivity contribution in [1.82, 2.24) is 0 Å². The monoisotopic (exact) mass is 353 g/mol. The summed E-state index contributed by atoms with van der Waals surface area (Å²) in [4.78, 5) is 23.9. The lowest BCUT2D eigenvalue weighted by Gasteiger charge is -2.42. The third kappa shape index (κ3) is 2.82. The van der Waals surface area contributed by atoms with Crippen LogP contribution in [0, 0.1) is 16.0 Å². The van der Waals surface area contributed by atoms with Crippen LogP contribution in [0.2, 0.25) is 0 Å². The lowest BCUT2D eigenvalue weighted by molar-refractivity contribution is -0.558. The highest BCUT2D eigenvalue weighted by Crippen LogP contribution is 2.48. The molecule has 1 saturated carbocycles. The van der Waals surface area contributed by atoms with Crippen LogP contribution in [-0.4, -0.2) is 27.0 Å². The second-order valence-electron chi connectivity index (χ2n) is 7.52. The number of Topliss-reactive ketones (excluding diaryl/α,β-unsaturated/α-hetero) is 1. The third-order valence-corrected chi connectivity index (χ3v) is 5.85. The molecule has 1 N–H and O–H groups in total. The number of ketones is 1. The first-order valence-corrected chi connectivity index (χ1v) is 8.74. The first-order chi connectivity index (χ1) is 12.2. The van der Waals surface area contributed by atoms with Crippen LogP contribution in [0.4, 0.5) is 0 Å². The molecular formula is C21H23NO4.